The molecule has 0 aromatic heterocycles. The molecule has 0 aliphatic carbocycles. The first-order valence-electron chi connectivity index (χ1n) is 8.38. The highest BCUT2D eigenvalue weighted by Crippen LogP contribution is 2.55. The van der Waals surface area contributed by atoms with E-state index in [9.17, 15) is 5.11 Å². The van der Waals surface area contributed by atoms with Crippen LogP contribution in [0.2, 0.25) is 0 Å². The van der Waals surface area contributed by atoms with Gasteiger partial charge in [-0.1, -0.05) is 44.4 Å². The van der Waals surface area contributed by atoms with Crippen LogP contribution in [0, 0.1) is 12.8 Å². The molecule has 1 aromatic rings. The Labute approximate surface area is 130 Å². The third-order valence-corrected chi connectivity index (χ3v) is 5.56. The van der Waals surface area contributed by atoms with Crippen molar-refractivity contribution in [2.75, 3.05) is 11.9 Å². The number of hydrogen-bond acceptors (Lipinski definition) is 2. The fourth-order valence-corrected chi connectivity index (χ4v) is 4.11. The fraction of sp³-hybridized carbons (Fsp3) is 0.684. The van der Waals surface area contributed by atoms with E-state index in [-0.39, 0.29) is 5.54 Å². The predicted octanol–water partition coefficient (Wildman–Crippen LogP) is 4.63. The third kappa shape index (κ3) is 2.28. The lowest BCUT2D eigenvalue weighted by Gasteiger charge is -2.46. The molecule has 0 fully saturated rings. The molecule has 0 radical (unpaired) electrons. The molecule has 1 aromatic carbocycles. The van der Waals surface area contributed by atoms with E-state index in [1.165, 1.54) is 11.3 Å². The molecular weight excluding hydrogens is 258 g/mol. The zero-order chi connectivity index (χ0) is 15.8. The molecule has 1 unspecified atom stereocenters. The van der Waals surface area contributed by atoms with E-state index in [1.807, 2.05) is 0 Å². The minimum Gasteiger partial charge on any atom is -0.382 e. The Balaban J connectivity index is 2.61. The van der Waals surface area contributed by atoms with E-state index < -0.39 is 5.60 Å². The molecule has 2 nitrogen and oxygen atoms in total. The molecule has 2 rings (SSSR count). The smallest absolute Gasteiger partial charge is 0.117 e. The van der Waals surface area contributed by atoms with Crippen LogP contribution >= 0.6 is 0 Å². The number of nitrogens with zero attached hydrogens (tertiary/aromatic N) is 1. The van der Waals surface area contributed by atoms with Crippen LogP contribution in [0.25, 0.3) is 0 Å². The number of likely N-dealkylation sites (N-methyl/N-ethyl adjacent to an activating group) is 1. The molecule has 21 heavy (non-hydrogen) atoms. The third-order valence-electron chi connectivity index (χ3n) is 5.56. The number of aryl methyl sites for hydroxylation is 1. The molecule has 2 heteroatoms. The molecule has 1 aliphatic rings. The van der Waals surface area contributed by atoms with Crippen molar-refractivity contribution >= 4 is 5.69 Å². The van der Waals surface area contributed by atoms with Gasteiger partial charge >= 0.3 is 0 Å². The van der Waals surface area contributed by atoms with E-state index in [4.69, 9.17) is 0 Å². The minimum absolute atomic E-state index is 0.280. The SMILES string of the molecule is CCCC(CCC)C1(O)c2cc(C)ccc2N(C)C1(C)C. The topological polar surface area (TPSA) is 23.5 Å². The van der Waals surface area contributed by atoms with Crippen LogP contribution in [0.15, 0.2) is 18.2 Å². The van der Waals surface area contributed by atoms with Crippen LogP contribution in [0.5, 0.6) is 0 Å². The van der Waals surface area contributed by atoms with E-state index in [0.29, 0.717) is 5.92 Å². The van der Waals surface area contributed by atoms with Gasteiger partial charge in [0, 0.05) is 18.3 Å². The number of rotatable bonds is 5. The second-order valence-corrected chi connectivity index (χ2v) is 7.18. The van der Waals surface area contributed by atoms with Crippen LogP contribution in [0.4, 0.5) is 5.69 Å². The number of anilines is 1. The van der Waals surface area contributed by atoms with Crippen LogP contribution in [0.3, 0.4) is 0 Å². The summed E-state index contributed by atoms with van der Waals surface area (Å²) < 4.78 is 0. The normalized spacial score (nSPS) is 23.7. The predicted molar refractivity (Wildman–Crippen MR) is 90.9 cm³/mol. The Morgan fingerprint density at radius 3 is 2.24 bits per heavy atom. The van der Waals surface area contributed by atoms with Gasteiger partial charge < -0.3 is 10.0 Å². The van der Waals surface area contributed by atoms with Gasteiger partial charge in [0.15, 0.2) is 0 Å². The maximum Gasteiger partial charge on any atom is 0.117 e. The number of hydrogen-bond donors (Lipinski definition) is 1. The van der Waals surface area contributed by atoms with E-state index in [0.717, 1.165) is 31.2 Å². The number of aliphatic hydroxyl groups is 1. The summed E-state index contributed by atoms with van der Waals surface area (Å²) in [5, 5.41) is 11.8. The molecule has 0 spiro atoms. The monoisotopic (exact) mass is 289 g/mol. The molecule has 1 aliphatic heterocycles. The Morgan fingerprint density at radius 2 is 1.71 bits per heavy atom. The van der Waals surface area contributed by atoms with Crippen molar-refractivity contribution in [2.45, 2.75) is 71.4 Å². The van der Waals surface area contributed by atoms with Crippen molar-refractivity contribution in [3.05, 3.63) is 29.3 Å². The van der Waals surface area contributed by atoms with Gasteiger partial charge in [0.1, 0.15) is 5.60 Å². The Morgan fingerprint density at radius 1 is 1.14 bits per heavy atom. The highest BCUT2D eigenvalue weighted by molar-refractivity contribution is 5.66. The Hall–Kier alpha value is -1.02. The van der Waals surface area contributed by atoms with Crippen molar-refractivity contribution in [2.24, 2.45) is 5.92 Å². The van der Waals surface area contributed by atoms with Gasteiger partial charge in [-0.2, -0.15) is 0 Å². The lowest BCUT2D eigenvalue weighted by Crippen LogP contribution is -2.56. The van der Waals surface area contributed by atoms with Gasteiger partial charge in [-0.25, -0.2) is 0 Å². The van der Waals surface area contributed by atoms with E-state index in [1.54, 1.807) is 0 Å². The zero-order valence-electron chi connectivity index (χ0n) is 14.5. The number of benzene rings is 1. The van der Waals surface area contributed by atoms with Crippen molar-refractivity contribution in [3.63, 3.8) is 0 Å². The Kier molecular flexibility index (Phi) is 4.39. The molecular formula is C19H31NO. The summed E-state index contributed by atoms with van der Waals surface area (Å²) in [5.74, 6) is 0.313. The van der Waals surface area contributed by atoms with Crippen LogP contribution < -0.4 is 4.90 Å². The zero-order valence-corrected chi connectivity index (χ0v) is 14.5. The summed E-state index contributed by atoms with van der Waals surface area (Å²) in [4.78, 5) is 2.26. The van der Waals surface area contributed by atoms with Gasteiger partial charge in [-0.05, 0) is 45.6 Å². The second kappa shape index (κ2) is 5.64. The molecule has 118 valence electrons. The van der Waals surface area contributed by atoms with Gasteiger partial charge in [0.25, 0.3) is 0 Å². The molecule has 0 saturated carbocycles. The summed E-state index contributed by atoms with van der Waals surface area (Å²) in [7, 11) is 2.11. The average molecular weight is 289 g/mol. The highest BCUT2D eigenvalue weighted by atomic mass is 16.3. The highest BCUT2D eigenvalue weighted by Gasteiger charge is 2.57. The molecule has 0 saturated heterocycles. The second-order valence-electron chi connectivity index (χ2n) is 7.18. The Bertz CT molecular complexity index is 502. The van der Waals surface area contributed by atoms with Crippen LogP contribution in [-0.2, 0) is 5.60 Å². The maximum atomic E-state index is 11.8. The lowest BCUT2D eigenvalue weighted by atomic mass is 9.68. The molecule has 0 bridgehead atoms. The quantitative estimate of drug-likeness (QED) is 0.854. The minimum atomic E-state index is -0.769. The molecule has 1 heterocycles. The van der Waals surface area contributed by atoms with Crippen LogP contribution in [0.1, 0.15) is 64.5 Å². The van der Waals surface area contributed by atoms with Gasteiger partial charge in [0.05, 0.1) is 5.54 Å². The standard InChI is InChI=1S/C19H31NO/c1-7-9-15(10-8-2)19(21)16-13-14(3)11-12-17(16)20(6)18(19,4)5/h11-13,15,21H,7-10H2,1-6H3. The molecule has 1 atom stereocenters. The van der Waals surface area contributed by atoms with Gasteiger partial charge in [-0.15, -0.1) is 0 Å². The largest absolute Gasteiger partial charge is 0.382 e. The van der Waals surface area contributed by atoms with Crippen molar-refractivity contribution in [1.29, 1.82) is 0 Å². The molecule has 0 amide bonds. The first kappa shape index (κ1) is 16.4. The summed E-state index contributed by atoms with van der Waals surface area (Å²) in [6.07, 6.45) is 4.39. The number of fused-ring (bicyclic) bond motifs is 1. The first-order valence-corrected chi connectivity index (χ1v) is 8.38. The summed E-state index contributed by atoms with van der Waals surface area (Å²) in [6, 6.07) is 6.50. The van der Waals surface area contributed by atoms with Gasteiger partial charge in [-0.3, -0.25) is 0 Å². The van der Waals surface area contributed by atoms with Crippen LogP contribution in [-0.4, -0.2) is 17.7 Å². The van der Waals surface area contributed by atoms with E-state index in [2.05, 4.69) is 64.8 Å². The van der Waals surface area contributed by atoms with Crippen molar-refractivity contribution in [3.8, 4) is 0 Å². The summed E-state index contributed by atoms with van der Waals surface area (Å²) >= 11 is 0. The van der Waals surface area contributed by atoms with Gasteiger partial charge in [0.2, 0.25) is 0 Å². The van der Waals surface area contributed by atoms with Crippen molar-refractivity contribution in [1.82, 2.24) is 0 Å². The van der Waals surface area contributed by atoms with Crippen molar-refractivity contribution < 1.29 is 5.11 Å². The summed E-state index contributed by atoms with van der Waals surface area (Å²) in [6.45, 7) is 10.9. The average Bonchev–Trinajstić information content (AvgIpc) is 2.58. The fourth-order valence-electron chi connectivity index (χ4n) is 4.11. The maximum absolute atomic E-state index is 11.8. The van der Waals surface area contributed by atoms with E-state index >= 15 is 0 Å². The lowest BCUT2D eigenvalue weighted by molar-refractivity contribution is -0.0761. The molecule has 1 N–H and O–H groups in total. The first-order chi connectivity index (χ1) is 9.80. The summed E-state index contributed by atoms with van der Waals surface area (Å²) in [5.41, 5.74) is 2.49.